The minimum absolute atomic E-state index is 0.124. The zero-order chi connectivity index (χ0) is 15.0. The Bertz CT molecular complexity index is 629. The van der Waals surface area contributed by atoms with Crippen molar-refractivity contribution >= 4 is 22.6 Å². The minimum Gasteiger partial charge on any atom is -0.458 e. The Morgan fingerprint density at radius 2 is 1.95 bits per heavy atom. The second kappa shape index (κ2) is 5.64. The highest BCUT2D eigenvalue weighted by atomic mass is 35.5. The molecule has 1 aliphatic rings. The van der Waals surface area contributed by atoms with Gasteiger partial charge in [0.1, 0.15) is 5.76 Å². The minimum atomic E-state index is -0.168. The van der Waals surface area contributed by atoms with E-state index in [-0.39, 0.29) is 11.6 Å². The number of para-hydroxylation sites is 1. The van der Waals surface area contributed by atoms with Crippen LogP contribution in [0.15, 0.2) is 28.7 Å². The van der Waals surface area contributed by atoms with Crippen molar-refractivity contribution in [2.24, 2.45) is 5.73 Å². The number of rotatable bonds is 3. The van der Waals surface area contributed by atoms with Gasteiger partial charge in [-0.05, 0) is 51.9 Å². The molecule has 2 heterocycles. The number of hydrogen-bond donors (Lipinski definition) is 1. The number of nitrogens with zero attached hydrogens (tertiary/aromatic N) is 1. The first-order chi connectivity index (χ1) is 10.00. The standard InChI is InChI=1S/C17H23ClN2O/c1-17(2,20-9-4-3-5-10-20)16(19)14-11-12-7-6-8-13(18)15(12)21-14/h6-8,11,16H,3-5,9-10,19H2,1-2H3. The van der Waals surface area contributed by atoms with E-state index in [1.165, 1.54) is 19.3 Å². The van der Waals surface area contributed by atoms with Crippen LogP contribution in [0.3, 0.4) is 0 Å². The molecule has 0 aliphatic carbocycles. The SMILES string of the molecule is CC(C)(C(N)c1cc2cccc(Cl)c2o1)N1CCCCC1. The van der Waals surface area contributed by atoms with Gasteiger partial charge in [0, 0.05) is 10.9 Å². The molecule has 21 heavy (non-hydrogen) atoms. The molecule has 2 aromatic rings. The topological polar surface area (TPSA) is 42.4 Å². The van der Waals surface area contributed by atoms with Gasteiger partial charge in [0.05, 0.1) is 11.1 Å². The van der Waals surface area contributed by atoms with E-state index in [9.17, 15) is 0 Å². The van der Waals surface area contributed by atoms with Crippen LogP contribution in [0.2, 0.25) is 5.02 Å². The van der Waals surface area contributed by atoms with Crippen LogP contribution in [0, 0.1) is 0 Å². The van der Waals surface area contributed by atoms with Crippen molar-refractivity contribution < 1.29 is 4.42 Å². The maximum Gasteiger partial charge on any atom is 0.152 e. The molecule has 0 radical (unpaired) electrons. The predicted molar refractivity (Wildman–Crippen MR) is 87.7 cm³/mol. The maximum absolute atomic E-state index is 6.54. The van der Waals surface area contributed by atoms with Crippen molar-refractivity contribution in [3.8, 4) is 0 Å². The summed E-state index contributed by atoms with van der Waals surface area (Å²) in [5.74, 6) is 0.814. The smallest absolute Gasteiger partial charge is 0.152 e. The summed E-state index contributed by atoms with van der Waals surface area (Å²) in [5.41, 5.74) is 7.15. The van der Waals surface area contributed by atoms with Crippen molar-refractivity contribution in [1.29, 1.82) is 0 Å². The van der Waals surface area contributed by atoms with Gasteiger partial charge in [0.15, 0.2) is 5.58 Å². The number of benzene rings is 1. The van der Waals surface area contributed by atoms with Gasteiger partial charge < -0.3 is 10.2 Å². The van der Waals surface area contributed by atoms with E-state index in [4.69, 9.17) is 21.8 Å². The molecule has 1 saturated heterocycles. The van der Waals surface area contributed by atoms with E-state index in [0.29, 0.717) is 5.02 Å². The number of fused-ring (bicyclic) bond motifs is 1. The van der Waals surface area contributed by atoms with Gasteiger partial charge in [0.25, 0.3) is 0 Å². The summed E-state index contributed by atoms with van der Waals surface area (Å²) in [5, 5.41) is 1.66. The summed E-state index contributed by atoms with van der Waals surface area (Å²) < 4.78 is 5.95. The average molecular weight is 307 g/mol. The fourth-order valence-electron chi connectivity index (χ4n) is 3.22. The molecule has 0 bridgehead atoms. The summed E-state index contributed by atoms with van der Waals surface area (Å²) in [4.78, 5) is 2.48. The molecule has 1 aromatic heterocycles. The van der Waals surface area contributed by atoms with Crippen LogP contribution >= 0.6 is 11.6 Å². The molecule has 2 N–H and O–H groups in total. The van der Waals surface area contributed by atoms with E-state index >= 15 is 0 Å². The molecular weight excluding hydrogens is 284 g/mol. The number of likely N-dealkylation sites (tertiary alicyclic amines) is 1. The van der Waals surface area contributed by atoms with Crippen molar-refractivity contribution in [3.05, 3.63) is 35.0 Å². The Kier molecular flexibility index (Phi) is 4.00. The first kappa shape index (κ1) is 14.9. The summed E-state index contributed by atoms with van der Waals surface area (Å²) in [6.45, 7) is 6.64. The molecular formula is C17H23ClN2O. The Morgan fingerprint density at radius 1 is 1.24 bits per heavy atom. The van der Waals surface area contributed by atoms with Crippen molar-refractivity contribution in [3.63, 3.8) is 0 Å². The number of hydrogen-bond acceptors (Lipinski definition) is 3. The third-order valence-corrected chi connectivity index (χ3v) is 5.05. The number of halogens is 1. The third kappa shape index (κ3) is 2.70. The predicted octanol–water partition coefficient (Wildman–Crippen LogP) is 4.35. The fourth-order valence-corrected chi connectivity index (χ4v) is 3.44. The Morgan fingerprint density at radius 3 is 2.62 bits per heavy atom. The molecule has 1 aliphatic heterocycles. The highest BCUT2D eigenvalue weighted by molar-refractivity contribution is 6.34. The zero-order valence-corrected chi connectivity index (χ0v) is 13.5. The molecule has 4 heteroatoms. The third-order valence-electron chi connectivity index (χ3n) is 4.75. The van der Waals surface area contributed by atoms with Crippen molar-refractivity contribution in [2.45, 2.75) is 44.7 Å². The van der Waals surface area contributed by atoms with Gasteiger partial charge >= 0.3 is 0 Å². The summed E-state index contributed by atoms with van der Waals surface area (Å²) in [7, 11) is 0. The molecule has 0 amide bonds. The maximum atomic E-state index is 6.54. The number of furan rings is 1. The first-order valence-electron chi connectivity index (χ1n) is 7.69. The van der Waals surface area contributed by atoms with Crippen molar-refractivity contribution in [2.75, 3.05) is 13.1 Å². The van der Waals surface area contributed by atoms with Gasteiger partial charge in [-0.25, -0.2) is 0 Å². The highest BCUT2D eigenvalue weighted by Gasteiger charge is 2.36. The molecule has 114 valence electrons. The monoisotopic (exact) mass is 306 g/mol. The lowest BCUT2D eigenvalue weighted by atomic mass is 9.89. The van der Waals surface area contributed by atoms with Crippen LogP contribution in [-0.4, -0.2) is 23.5 Å². The molecule has 0 spiro atoms. The molecule has 3 nitrogen and oxygen atoms in total. The van der Waals surface area contributed by atoms with Crippen LogP contribution in [0.1, 0.15) is 44.9 Å². The Balaban J connectivity index is 1.91. The lowest BCUT2D eigenvalue weighted by Gasteiger charge is -2.43. The quantitative estimate of drug-likeness (QED) is 0.916. The molecule has 0 saturated carbocycles. The molecule has 1 unspecified atom stereocenters. The van der Waals surface area contributed by atoms with E-state index in [2.05, 4.69) is 18.7 Å². The Hall–Kier alpha value is -1.03. The first-order valence-corrected chi connectivity index (χ1v) is 8.06. The number of nitrogens with two attached hydrogens (primary N) is 1. The van der Waals surface area contributed by atoms with Gasteiger partial charge in [-0.15, -0.1) is 0 Å². The molecule has 1 aromatic carbocycles. The van der Waals surface area contributed by atoms with E-state index < -0.39 is 0 Å². The second-order valence-electron chi connectivity index (χ2n) is 6.49. The van der Waals surface area contributed by atoms with E-state index in [1.54, 1.807) is 0 Å². The number of piperidine rings is 1. The van der Waals surface area contributed by atoms with Crippen molar-refractivity contribution in [1.82, 2.24) is 4.90 Å². The summed E-state index contributed by atoms with van der Waals surface area (Å²) >= 11 is 6.19. The molecule has 1 atom stereocenters. The summed E-state index contributed by atoms with van der Waals surface area (Å²) in [6.07, 6.45) is 3.83. The van der Waals surface area contributed by atoms with Crippen LogP contribution in [-0.2, 0) is 0 Å². The van der Waals surface area contributed by atoms with E-state index in [1.807, 2.05) is 24.3 Å². The van der Waals surface area contributed by atoms with Gasteiger partial charge in [0.2, 0.25) is 0 Å². The fraction of sp³-hybridized carbons (Fsp3) is 0.529. The van der Waals surface area contributed by atoms with Crippen LogP contribution < -0.4 is 5.73 Å². The Labute approximate surface area is 131 Å². The summed E-state index contributed by atoms with van der Waals surface area (Å²) in [6, 6.07) is 7.65. The van der Waals surface area contributed by atoms with Crippen LogP contribution in [0.25, 0.3) is 11.0 Å². The molecule has 1 fully saturated rings. The largest absolute Gasteiger partial charge is 0.458 e. The van der Waals surface area contributed by atoms with Gasteiger partial charge in [-0.2, -0.15) is 0 Å². The highest BCUT2D eigenvalue weighted by Crippen LogP contribution is 2.35. The van der Waals surface area contributed by atoms with Gasteiger partial charge in [-0.3, -0.25) is 4.90 Å². The van der Waals surface area contributed by atoms with Gasteiger partial charge in [-0.1, -0.05) is 30.2 Å². The lowest BCUT2D eigenvalue weighted by molar-refractivity contribution is 0.0671. The normalized spacial score (nSPS) is 19.0. The van der Waals surface area contributed by atoms with Crippen LogP contribution in [0.4, 0.5) is 0 Å². The van der Waals surface area contributed by atoms with Crippen LogP contribution in [0.5, 0.6) is 0 Å². The molecule has 3 rings (SSSR count). The van der Waals surface area contributed by atoms with E-state index in [0.717, 1.165) is 29.8 Å². The second-order valence-corrected chi connectivity index (χ2v) is 6.89. The zero-order valence-electron chi connectivity index (χ0n) is 12.7. The lowest BCUT2D eigenvalue weighted by Crippen LogP contribution is -2.52. The average Bonchev–Trinajstić information content (AvgIpc) is 2.93.